The molecule has 4 aromatic rings. The minimum atomic E-state index is 0.0140. The lowest BCUT2D eigenvalue weighted by molar-refractivity contribution is 0.595. The van der Waals surface area contributed by atoms with Crippen molar-refractivity contribution >= 4 is 34.3 Å². The summed E-state index contributed by atoms with van der Waals surface area (Å²) in [7, 11) is 0. The van der Waals surface area contributed by atoms with Crippen LogP contribution in [0.2, 0.25) is 5.02 Å². The summed E-state index contributed by atoms with van der Waals surface area (Å²) in [4.78, 5) is 17.9. The van der Waals surface area contributed by atoms with Crippen molar-refractivity contribution in [3.05, 3.63) is 105 Å². The van der Waals surface area contributed by atoms with Gasteiger partial charge in [-0.1, -0.05) is 78.0 Å². The Morgan fingerprint density at radius 3 is 2.36 bits per heavy atom. The highest BCUT2D eigenvalue weighted by Crippen LogP contribution is 2.23. The third-order valence-corrected chi connectivity index (χ3v) is 5.87. The molecule has 0 spiro atoms. The van der Waals surface area contributed by atoms with Crippen LogP contribution < -0.4 is 5.56 Å². The largest absolute Gasteiger partial charge is 0.287 e. The maximum absolute atomic E-state index is 13.1. The molecule has 0 aliphatic rings. The molecule has 1 aromatic heterocycles. The molecule has 0 aliphatic carbocycles. The first kappa shape index (κ1) is 18.8. The first-order valence-electron chi connectivity index (χ1n) is 9.11. The Bertz CT molecular complexity index is 1140. The predicted octanol–water partition coefficient (Wildman–Crippen LogP) is 5.58. The zero-order chi connectivity index (χ0) is 19.3. The van der Waals surface area contributed by atoms with Crippen LogP contribution in [0.25, 0.3) is 10.9 Å². The number of thioether (sulfide) groups is 1. The lowest BCUT2D eigenvalue weighted by Crippen LogP contribution is -2.24. The molecule has 0 saturated carbocycles. The number of aryl methyl sites for hydroxylation is 1. The second-order valence-electron chi connectivity index (χ2n) is 6.52. The van der Waals surface area contributed by atoms with E-state index in [4.69, 9.17) is 16.6 Å². The number of benzene rings is 3. The number of hydrogen-bond acceptors (Lipinski definition) is 3. The fourth-order valence-corrected chi connectivity index (χ4v) is 4.18. The second-order valence-corrected chi connectivity index (χ2v) is 7.90. The minimum absolute atomic E-state index is 0.0140. The van der Waals surface area contributed by atoms with E-state index in [0.29, 0.717) is 11.9 Å². The molecule has 0 atom stereocenters. The molecule has 4 rings (SSSR count). The van der Waals surface area contributed by atoms with E-state index in [1.165, 1.54) is 5.56 Å². The average Bonchev–Trinajstić information content (AvgIpc) is 2.74. The fraction of sp³-hybridized carbons (Fsp3) is 0.130. The summed E-state index contributed by atoms with van der Waals surface area (Å²) in [6.45, 7) is 0.601. The van der Waals surface area contributed by atoms with Crippen molar-refractivity contribution in [3.8, 4) is 0 Å². The highest BCUT2D eigenvalue weighted by molar-refractivity contribution is 7.98. The van der Waals surface area contributed by atoms with E-state index in [1.54, 1.807) is 16.3 Å². The van der Waals surface area contributed by atoms with Crippen LogP contribution >= 0.6 is 23.4 Å². The maximum atomic E-state index is 13.1. The minimum Gasteiger partial charge on any atom is -0.287 e. The van der Waals surface area contributed by atoms with Crippen molar-refractivity contribution in [1.29, 1.82) is 0 Å². The number of rotatable bonds is 6. The summed E-state index contributed by atoms with van der Waals surface area (Å²) in [6, 6.07) is 25.5. The van der Waals surface area contributed by atoms with Crippen LogP contribution in [0.1, 0.15) is 11.1 Å². The normalized spacial score (nSPS) is 11.0. The maximum Gasteiger partial charge on any atom is 0.262 e. The Kier molecular flexibility index (Phi) is 5.79. The predicted molar refractivity (Wildman–Crippen MR) is 117 cm³/mol. The molecular weight excluding hydrogens is 388 g/mol. The molecule has 3 nitrogen and oxygen atoms in total. The molecule has 140 valence electrons. The SMILES string of the molecule is O=c1c2ccccc2nc(SCc2ccc(Cl)cc2)n1CCc1ccccc1. The number of nitrogens with zero attached hydrogens (tertiary/aromatic N) is 2. The van der Waals surface area contributed by atoms with Crippen LogP contribution in [0.5, 0.6) is 0 Å². The van der Waals surface area contributed by atoms with Crippen molar-refractivity contribution in [1.82, 2.24) is 9.55 Å². The molecule has 0 bridgehead atoms. The summed E-state index contributed by atoms with van der Waals surface area (Å²) in [6.07, 6.45) is 0.787. The van der Waals surface area contributed by atoms with E-state index >= 15 is 0 Å². The smallest absolute Gasteiger partial charge is 0.262 e. The van der Waals surface area contributed by atoms with E-state index in [1.807, 2.05) is 66.7 Å². The Morgan fingerprint density at radius 1 is 0.857 bits per heavy atom. The highest BCUT2D eigenvalue weighted by Gasteiger charge is 2.12. The van der Waals surface area contributed by atoms with Gasteiger partial charge in [-0.15, -0.1) is 0 Å². The molecule has 0 radical (unpaired) electrons. The van der Waals surface area contributed by atoms with Crippen molar-refractivity contribution in [3.63, 3.8) is 0 Å². The first-order valence-corrected chi connectivity index (χ1v) is 10.5. The van der Waals surface area contributed by atoms with E-state index in [-0.39, 0.29) is 5.56 Å². The van der Waals surface area contributed by atoms with Gasteiger partial charge >= 0.3 is 0 Å². The van der Waals surface area contributed by atoms with Gasteiger partial charge in [-0.05, 0) is 41.8 Å². The van der Waals surface area contributed by atoms with Gasteiger partial charge in [0.05, 0.1) is 10.9 Å². The highest BCUT2D eigenvalue weighted by atomic mass is 35.5. The zero-order valence-corrected chi connectivity index (χ0v) is 16.8. The van der Waals surface area contributed by atoms with Crippen LogP contribution in [0.15, 0.2) is 88.8 Å². The topological polar surface area (TPSA) is 34.9 Å². The Morgan fingerprint density at radius 2 is 1.57 bits per heavy atom. The number of fused-ring (bicyclic) bond motifs is 1. The summed E-state index contributed by atoms with van der Waals surface area (Å²) < 4.78 is 1.80. The molecule has 0 unspecified atom stereocenters. The lowest BCUT2D eigenvalue weighted by atomic mass is 10.1. The number of hydrogen-bond donors (Lipinski definition) is 0. The number of halogens is 1. The van der Waals surface area contributed by atoms with Gasteiger partial charge in [0, 0.05) is 17.3 Å². The summed E-state index contributed by atoms with van der Waals surface area (Å²) in [5.74, 6) is 0.729. The van der Waals surface area contributed by atoms with Gasteiger partial charge in [0.15, 0.2) is 5.16 Å². The number of para-hydroxylation sites is 1. The molecule has 1 heterocycles. The summed E-state index contributed by atoms with van der Waals surface area (Å²) >= 11 is 7.55. The third-order valence-electron chi connectivity index (χ3n) is 4.57. The van der Waals surface area contributed by atoms with Gasteiger partial charge in [-0.2, -0.15) is 0 Å². The molecule has 5 heteroatoms. The average molecular weight is 407 g/mol. The van der Waals surface area contributed by atoms with E-state index in [2.05, 4.69) is 12.1 Å². The quantitative estimate of drug-likeness (QED) is 0.309. The van der Waals surface area contributed by atoms with Crippen LogP contribution in [-0.2, 0) is 18.7 Å². The van der Waals surface area contributed by atoms with Crippen LogP contribution in [0, 0.1) is 0 Å². The fourth-order valence-electron chi connectivity index (χ4n) is 3.07. The van der Waals surface area contributed by atoms with Gasteiger partial charge < -0.3 is 0 Å². The van der Waals surface area contributed by atoms with E-state index in [9.17, 15) is 4.79 Å². The molecule has 28 heavy (non-hydrogen) atoms. The molecule has 0 amide bonds. The van der Waals surface area contributed by atoms with Crippen molar-refractivity contribution in [2.24, 2.45) is 0 Å². The van der Waals surface area contributed by atoms with Crippen molar-refractivity contribution in [2.75, 3.05) is 0 Å². The van der Waals surface area contributed by atoms with E-state index < -0.39 is 0 Å². The Labute approximate surface area is 173 Å². The standard InChI is InChI=1S/C23H19ClN2OS/c24-19-12-10-18(11-13-19)16-28-23-25-21-9-5-4-8-20(21)22(27)26(23)15-14-17-6-2-1-3-7-17/h1-13H,14-16H2. The molecule has 0 fully saturated rings. The van der Waals surface area contributed by atoms with Crippen molar-refractivity contribution in [2.45, 2.75) is 23.9 Å². The molecule has 0 N–H and O–H groups in total. The van der Waals surface area contributed by atoms with Gasteiger partial charge in [-0.25, -0.2) is 4.98 Å². The molecular formula is C23H19ClN2OS. The van der Waals surface area contributed by atoms with Crippen LogP contribution in [0.4, 0.5) is 0 Å². The second kappa shape index (κ2) is 8.63. The number of aromatic nitrogens is 2. The Hall–Kier alpha value is -2.56. The van der Waals surface area contributed by atoms with Crippen LogP contribution in [0.3, 0.4) is 0 Å². The van der Waals surface area contributed by atoms with Gasteiger partial charge in [-0.3, -0.25) is 9.36 Å². The molecule has 0 saturated heterocycles. The summed E-state index contributed by atoms with van der Waals surface area (Å²) in [5, 5.41) is 2.12. The zero-order valence-electron chi connectivity index (χ0n) is 15.2. The molecule has 3 aromatic carbocycles. The lowest BCUT2D eigenvalue weighted by Gasteiger charge is -2.13. The van der Waals surface area contributed by atoms with E-state index in [0.717, 1.165) is 33.4 Å². The molecule has 0 aliphatic heterocycles. The van der Waals surface area contributed by atoms with Crippen molar-refractivity contribution < 1.29 is 0 Å². The van der Waals surface area contributed by atoms with Crippen LogP contribution in [-0.4, -0.2) is 9.55 Å². The summed E-state index contributed by atoms with van der Waals surface area (Å²) in [5.41, 5.74) is 3.10. The van der Waals surface area contributed by atoms with Gasteiger partial charge in [0.25, 0.3) is 5.56 Å². The van der Waals surface area contributed by atoms with Gasteiger partial charge in [0.1, 0.15) is 0 Å². The Balaban J connectivity index is 1.66. The van der Waals surface area contributed by atoms with Gasteiger partial charge in [0.2, 0.25) is 0 Å². The third kappa shape index (κ3) is 4.29. The first-order chi connectivity index (χ1) is 13.7. The monoisotopic (exact) mass is 406 g/mol.